The number of hydrogen-bond donors (Lipinski definition) is 2. The lowest BCUT2D eigenvalue weighted by molar-refractivity contribution is -0.145. The maximum absolute atomic E-state index is 12.5. The van der Waals surface area contributed by atoms with Crippen LogP contribution < -0.4 is 15.8 Å². The Bertz CT molecular complexity index is 1070. The lowest BCUT2D eigenvalue weighted by atomic mass is 9.82. The number of nitrogens with one attached hydrogen (secondary N) is 1. The van der Waals surface area contributed by atoms with Crippen molar-refractivity contribution in [2.45, 2.75) is 72.1 Å². The van der Waals surface area contributed by atoms with Crippen LogP contribution in [0.1, 0.15) is 68.7 Å². The van der Waals surface area contributed by atoms with E-state index in [0.29, 0.717) is 6.42 Å². The van der Waals surface area contributed by atoms with Crippen molar-refractivity contribution in [1.29, 1.82) is 0 Å². The molecule has 7 heteroatoms. The molecule has 0 bridgehead atoms. The van der Waals surface area contributed by atoms with E-state index in [1.807, 2.05) is 32.3 Å². The van der Waals surface area contributed by atoms with Gasteiger partial charge >= 0.3 is 5.97 Å². The predicted molar refractivity (Wildman–Crippen MR) is 143 cm³/mol. The number of nitrogens with two attached hydrogens (primary N) is 1. The molecule has 1 aromatic carbocycles. The molecule has 0 spiro atoms. The van der Waals surface area contributed by atoms with Crippen LogP contribution in [-0.2, 0) is 22.6 Å². The predicted octanol–water partition coefficient (Wildman–Crippen LogP) is 4.65. The van der Waals surface area contributed by atoms with E-state index in [4.69, 9.17) is 15.2 Å². The van der Waals surface area contributed by atoms with Gasteiger partial charge in [-0.05, 0) is 69.2 Å². The molecular formula is C29H42N4O3. The molecule has 1 aliphatic rings. The highest BCUT2D eigenvalue weighted by Crippen LogP contribution is 2.34. The summed E-state index contributed by atoms with van der Waals surface area (Å²) in [5.74, 6) is 0.421. The largest absolute Gasteiger partial charge is 0.486 e. The highest BCUT2D eigenvalue weighted by Gasteiger charge is 2.30. The fourth-order valence-electron chi connectivity index (χ4n) is 4.93. The van der Waals surface area contributed by atoms with Crippen LogP contribution in [0.3, 0.4) is 0 Å². The number of esters is 1. The summed E-state index contributed by atoms with van der Waals surface area (Å²) < 4.78 is 11.4. The number of nitrogens with zero attached hydrogens (tertiary/aromatic N) is 2. The quantitative estimate of drug-likeness (QED) is 0.465. The number of rotatable bonds is 10. The van der Waals surface area contributed by atoms with E-state index in [0.717, 1.165) is 55.2 Å². The maximum atomic E-state index is 12.5. The summed E-state index contributed by atoms with van der Waals surface area (Å²) >= 11 is 0. The summed E-state index contributed by atoms with van der Waals surface area (Å²) in [6.07, 6.45) is 6.99. The lowest BCUT2D eigenvalue weighted by Gasteiger charge is -2.30. The van der Waals surface area contributed by atoms with Gasteiger partial charge in [0.05, 0.1) is 13.0 Å². The third-order valence-electron chi connectivity index (χ3n) is 6.85. The third-order valence-corrected chi connectivity index (χ3v) is 6.85. The average molecular weight is 495 g/mol. The van der Waals surface area contributed by atoms with Gasteiger partial charge in [0.25, 0.3) is 0 Å². The van der Waals surface area contributed by atoms with Crippen molar-refractivity contribution >= 4 is 5.97 Å². The smallest absolute Gasteiger partial charge is 0.308 e. The van der Waals surface area contributed by atoms with Gasteiger partial charge in [-0.3, -0.25) is 14.7 Å². The SMILES string of the molecule is CCN/C=C(\N)CCC(c1ccc(C)c(CN2Cc3cnccc3OC(C)(C)C2)c1)C(C)C(=O)OC. The Morgan fingerprint density at radius 3 is 2.86 bits per heavy atom. The van der Waals surface area contributed by atoms with Crippen molar-refractivity contribution in [2.75, 3.05) is 20.2 Å². The van der Waals surface area contributed by atoms with Gasteiger partial charge in [0, 0.05) is 56.0 Å². The normalized spacial score (nSPS) is 17.3. The highest BCUT2D eigenvalue weighted by molar-refractivity contribution is 5.73. The number of ether oxygens (including phenoxy) is 2. The third kappa shape index (κ3) is 7.23. The van der Waals surface area contributed by atoms with E-state index in [2.05, 4.69) is 54.2 Å². The van der Waals surface area contributed by atoms with Gasteiger partial charge in [0.15, 0.2) is 0 Å². The second-order valence-electron chi connectivity index (χ2n) is 10.4. The summed E-state index contributed by atoms with van der Waals surface area (Å²) in [5, 5.41) is 3.16. The first kappa shape index (κ1) is 27.5. The number of aromatic nitrogens is 1. The van der Waals surface area contributed by atoms with Crippen LogP contribution >= 0.6 is 0 Å². The van der Waals surface area contributed by atoms with E-state index in [1.54, 1.807) is 6.20 Å². The molecule has 196 valence electrons. The topological polar surface area (TPSA) is 89.7 Å². The van der Waals surface area contributed by atoms with Crippen molar-refractivity contribution in [2.24, 2.45) is 11.7 Å². The van der Waals surface area contributed by atoms with Gasteiger partial charge in [-0.2, -0.15) is 0 Å². The number of methoxy groups -OCH3 is 1. The van der Waals surface area contributed by atoms with Crippen molar-refractivity contribution in [3.63, 3.8) is 0 Å². The van der Waals surface area contributed by atoms with Crippen LogP contribution in [0.2, 0.25) is 0 Å². The molecule has 7 nitrogen and oxygen atoms in total. The minimum atomic E-state index is -0.323. The number of carbonyl (C=O) groups is 1. The maximum Gasteiger partial charge on any atom is 0.308 e. The van der Waals surface area contributed by atoms with Crippen LogP contribution in [0.4, 0.5) is 0 Å². The van der Waals surface area contributed by atoms with E-state index >= 15 is 0 Å². The fraction of sp³-hybridized carbons (Fsp3) is 0.517. The zero-order valence-electron chi connectivity index (χ0n) is 22.6. The zero-order valence-corrected chi connectivity index (χ0v) is 22.6. The number of benzene rings is 1. The van der Waals surface area contributed by atoms with Gasteiger partial charge in [-0.15, -0.1) is 0 Å². The minimum absolute atomic E-state index is 0.000731. The molecule has 0 saturated carbocycles. The van der Waals surface area contributed by atoms with Crippen LogP contribution in [0.25, 0.3) is 0 Å². The van der Waals surface area contributed by atoms with Gasteiger partial charge < -0.3 is 20.5 Å². The molecule has 2 heterocycles. The highest BCUT2D eigenvalue weighted by atomic mass is 16.5. The Hall–Kier alpha value is -3.06. The molecule has 2 aromatic rings. The van der Waals surface area contributed by atoms with Gasteiger partial charge in [0.2, 0.25) is 0 Å². The van der Waals surface area contributed by atoms with Gasteiger partial charge in [-0.1, -0.05) is 25.1 Å². The standard InChI is InChI=1S/C29H42N4O3/c1-7-31-16-25(30)10-11-26(21(3)28(34)35-6)22-9-8-20(2)23(14-22)17-33-18-24-15-32-13-12-27(24)36-29(4,5)19-33/h8-9,12-16,21,26,31H,7,10-11,17-19,30H2,1-6H3/b25-16-. The summed E-state index contributed by atoms with van der Waals surface area (Å²) in [7, 11) is 1.45. The zero-order chi connectivity index (χ0) is 26.3. The van der Waals surface area contributed by atoms with E-state index < -0.39 is 0 Å². The first-order valence-electron chi connectivity index (χ1n) is 12.8. The number of fused-ring (bicyclic) bond motifs is 1. The molecule has 0 saturated heterocycles. The second kappa shape index (κ2) is 12.3. The molecule has 2 unspecified atom stereocenters. The molecule has 1 aliphatic heterocycles. The van der Waals surface area contributed by atoms with E-state index in [1.165, 1.54) is 18.2 Å². The number of carbonyl (C=O) groups excluding carboxylic acids is 1. The van der Waals surface area contributed by atoms with Crippen molar-refractivity contribution in [3.05, 3.63) is 70.8 Å². The molecule has 0 aliphatic carbocycles. The van der Waals surface area contributed by atoms with Crippen molar-refractivity contribution in [1.82, 2.24) is 15.2 Å². The molecule has 36 heavy (non-hydrogen) atoms. The Labute approximate surface area is 216 Å². The van der Waals surface area contributed by atoms with E-state index in [-0.39, 0.29) is 23.4 Å². The Balaban J connectivity index is 1.87. The number of hydrogen-bond acceptors (Lipinski definition) is 7. The molecule has 0 amide bonds. The van der Waals surface area contributed by atoms with Crippen LogP contribution in [0, 0.1) is 12.8 Å². The molecule has 2 atom stereocenters. The van der Waals surface area contributed by atoms with E-state index in [9.17, 15) is 4.79 Å². The molecule has 1 aromatic heterocycles. The summed E-state index contributed by atoms with van der Waals surface area (Å²) in [5.41, 5.74) is 11.4. The molecule has 0 fully saturated rings. The van der Waals surface area contributed by atoms with Crippen LogP contribution in [0.5, 0.6) is 5.75 Å². The number of pyridine rings is 1. The van der Waals surface area contributed by atoms with Crippen molar-refractivity contribution < 1.29 is 14.3 Å². The molecule has 3 rings (SSSR count). The Morgan fingerprint density at radius 1 is 1.36 bits per heavy atom. The Kier molecular flexibility index (Phi) is 9.37. The van der Waals surface area contributed by atoms with Crippen molar-refractivity contribution in [3.8, 4) is 5.75 Å². The number of allylic oxidation sites excluding steroid dienone is 1. The minimum Gasteiger partial charge on any atom is -0.486 e. The summed E-state index contributed by atoms with van der Waals surface area (Å²) in [4.78, 5) is 19.3. The fourth-order valence-corrected chi connectivity index (χ4v) is 4.93. The van der Waals surface area contributed by atoms with Crippen LogP contribution in [-0.4, -0.2) is 41.7 Å². The number of aryl methyl sites for hydroxylation is 1. The molecule has 0 radical (unpaired) electrons. The summed E-state index contributed by atoms with van der Waals surface area (Å²) in [6, 6.07) is 8.50. The Morgan fingerprint density at radius 2 is 2.14 bits per heavy atom. The monoisotopic (exact) mass is 494 g/mol. The van der Waals surface area contributed by atoms with Gasteiger partial charge in [-0.25, -0.2) is 0 Å². The second-order valence-corrected chi connectivity index (χ2v) is 10.4. The molecular weight excluding hydrogens is 452 g/mol. The average Bonchev–Trinajstić information content (AvgIpc) is 2.97. The summed E-state index contributed by atoms with van der Waals surface area (Å²) in [6.45, 7) is 13.5. The van der Waals surface area contributed by atoms with Gasteiger partial charge in [0.1, 0.15) is 11.4 Å². The van der Waals surface area contributed by atoms with Crippen LogP contribution in [0.15, 0.2) is 48.6 Å². The first-order valence-corrected chi connectivity index (χ1v) is 12.8. The molecule has 3 N–H and O–H groups in total. The first-order chi connectivity index (χ1) is 17.1. The lowest BCUT2D eigenvalue weighted by Crippen LogP contribution is -2.40.